The fourth-order valence-electron chi connectivity index (χ4n) is 5.14. The molecule has 2 heterocycles. The number of benzene rings is 2. The number of aliphatic hydroxyl groups excluding tert-OH is 1. The Kier molecular flexibility index (Phi) is 9.18. The van der Waals surface area contributed by atoms with E-state index in [-0.39, 0.29) is 24.1 Å². The Balaban J connectivity index is 1.34. The number of hydrogen-bond donors (Lipinski definition) is 2. The lowest BCUT2D eigenvalue weighted by molar-refractivity contribution is -0.139. The number of aliphatic carboxylic acids is 1. The molecule has 2 aromatic carbocycles. The zero-order chi connectivity index (χ0) is 25.5. The topological polar surface area (TPSA) is 82.9 Å². The summed E-state index contributed by atoms with van der Waals surface area (Å²) in [6.45, 7) is 2.46. The van der Waals surface area contributed by atoms with Gasteiger partial charge >= 0.3 is 5.97 Å². The third-order valence-electron chi connectivity index (χ3n) is 7.04. The molecule has 1 aliphatic rings. The Hall–Kier alpha value is -2.68. The number of rotatable bonds is 11. The molecule has 0 saturated carbocycles. The first-order chi connectivity index (χ1) is 17.4. The number of piperidine rings is 1. The van der Waals surface area contributed by atoms with Gasteiger partial charge in [0.2, 0.25) is 0 Å². The maximum Gasteiger partial charge on any atom is 0.303 e. The molecule has 0 spiro atoms. The van der Waals surface area contributed by atoms with Crippen LogP contribution in [-0.2, 0) is 4.79 Å². The first-order valence-corrected chi connectivity index (χ1v) is 13.3. The van der Waals surface area contributed by atoms with Crippen molar-refractivity contribution >= 4 is 28.6 Å². The van der Waals surface area contributed by atoms with Crippen LogP contribution >= 0.6 is 11.8 Å². The first-order valence-electron chi connectivity index (χ1n) is 12.4. The number of carboxylic acid groups (broad SMARTS) is 1. The summed E-state index contributed by atoms with van der Waals surface area (Å²) in [5.74, 6) is 0.804. The zero-order valence-corrected chi connectivity index (χ0v) is 21.3. The van der Waals surface area contributed by atoms with Crippen LogP contribution in [0.5, 0.6) is 5.75 Å². The van der Waals surface area contributed by atoms with Crippen LogP contribution < -0.4 is 4.74 Å². The van der Waals surface area contributed by atoms with E-state index < -0.39 is 12.1 Å². The van der Waals surface area contributed by atoms with E-state index in [1.807, 2.05) is 30.3 Å². The van der Waals surface area contributed by atoms with Gasteiger partial charge in [0.15, 0.2) is 0 Å². The number of aromatic nitrogens is 1. The number of ether oxygens (including phenoxy) is 1. The van der Waals surface area contributed by atoms with E-state index in [2.05, 4.69) is 9.88 Å². The highest BCUT2D eigenvalue weighted by molar-refractivity contribution is 7.99. The van der Waals surface area contributed by atoms with Gasteiger partial charge in [-0.25, -0.2) is 4.39 Å². The molecule has 36 heavy (non-hydrogen) atoms. The second-order valence-corrected chi connectivity index (χ2v) is 10.6. The van der Waals surface area contributed by atoms with Gasteiger partial charge in [-0.1, -0.05) is 6.07 Å². The Labute approximate surface area is 215 Å². The molecule has 1 aliphatic heterocycles. The number of pyridine rings is 1. The predicted molar refractivity (Wildman–Crippen MR) is 140 cm³/mol. The number of carbonyl (C=O) groups is 1. The number of likely N-dealkylation sites (tertiary alicyclic amines) is 1. The van der Waals surface area contributed by atoms with Crippen molar-refractivity contribution in [1.29, 1.82) is 0 Å². The van der Waals surface area contributed by atoms with Crippen molar-refractivity contribution in [2.24, 2.45) is 11.8 Å². The van der Waals surface area contributed by atoms with Crippen LogP contribution in [0.4, 0.5) is 4.39 Å². The quantitative estimate of drug-likeness (QED) is 0.333. The van der Waals surface area contributed by atoms with Crippen LogP contribution in [0.1, 0.15) is 37.4 Å². The summed E-state index contributed by atoms with van der Waals surface area (Å²) >= 11 is 1.61. The van der Waals surface area contributed by atoms with E-state index in [0.29, 0.717) is 12.2 Å². The Bertz CT molecular complexity index is 1180. The number of halogens is 1. The number of fused-ring (bicyclic) bond motifs is 1. The van der Waals surface area contributed by atoms with Crippen LogP contribution in [0.25, 0.3) is 10.9 Å². The van der Waals surface area contributed by atoms with Gasteiger partial charge in [-0.3, -0.25) is 9.78 Å². The van der Waals surface area contributed by atoms with Gasteiger partial charge in [0.05, 0.1) is 18.7 Å². The summed E-state index contributed by atoms with van der Waals surface area (Å²) in [7, 11) is 1.61. The fraction of sp³-hybridized carbons (Fsp3) is 0.429. The van der Waals surface area contributed by atoms with E-state index in [0.717, 1.165) is 59.6 Å². The predicted octanol–water partition coefficient (Wildman–Crippen LogP) is 5.40. The number of carboxylic acids is 1. The van der Waals surface area contributed by atoms with Crippen LogP contribution in [0, 0.1) is 17.7 Å². The van der Waals surface area contributed by atoms with Crippen LogP contribution in [0.15, 0.2) is 59.6 Å². The molecule has 3 aromatic rings. The van der Waals surface area contributed by atoms with Gasteiger partial charge in [-0.15, -0.1) is 11.8 Å². The maximum absolute atomic E-state index is 13.4. The van der Waals surface area contributed by atoms with E-state index in [1.165, 1.54) is 12.1 Å². The van der Waals surface area contributed by atoms with Gasteiger partial charge in [-0.2, -0.15) is 0 Å². The summed E-state index contributed by atoms with van der Waals surface area (Å²) in [5, 5.41) is 21.4. The number of methoxy groups -OCH3 is 1. The maximum atomic E-state index is 13.4. The number of nitrogens with zero attached hydrogens (tertiary/aromatic N) is 2. The van der Waals surface area contributed by atoms with Crippen molar-refractivity contribution < 1.29 is 24.1 Å². The lowest BCUT2D eigenvalue weighted by atomic mass is 9.79. The molecule has 0 unspecified atom stereocenters. The van der Waals surface area contributed by atoms with Gasteiger partial charge in [-0.05, 0) is 85.7 Å². The molecule has 192 valence electrons. The van der Waals surface area contributed by atoms with Crippen molar-refractivity contribution in [3.05, 3.63) is 66.1 Å². The first kappa shape index (κ1) is 26.4. The average molecular weight is 513 g/mol. The summed E-state index contributed by atoms with van der Waals surface area (Å²) in [6.07, 6.45) is 3.41. The highest BCUT2D eigenvalue weighted by Gasteiger charge is 2.31. The number of aliphatic hydroxyl groups is 1. The summed E-state index contributed by atoms with van der Waals surface area (Å²) in [4.78, 5) is 19.2. The second-order valence-electron chi connectivity index (χ2n) is 9.39. The van der Waals surface area contributed by atoms with Gasteiger partial charge in [0.1, 0.15) is 11.6 Å². The number of hydrogen-bond acceptors (Lipinski definition) is 6. The minimum atomic E-state index is -0.784. The second kappa shape index (κ2) is 12.5. The molecule has 1 aromatic heterocycles. The SMILES string of the molecule is COc1ccc2nccc([C@H](O)CC[C@@H]3CCN(CCSc4cccc(F)c4)C[C@H]3CC(=O)O)c2c1. The van der Waals surface area contributed by atoms with E-state index >= 15 is 0 Å². The molecule has 0 amide bonds. The van der Waals surface area contributed by atoms with Crippen molar-refractivity contribution in [2.45, 2.75) is 36.7 Å². The lowest BCUT2D eigenvalue weighted by Gasteiger charge is -2.38. The number of thioether (sulfide) groups is 1. The Morgan fingerprint density at radius 2 is 2.11 bits per heavy atom. The molecule has 6 nitrogen and oxygen atoms in total. The van der Waals surface area contributed by atoms with Crippen molar-refractivity contribution in [3.8, 4) is 5.75 Å². The van der Waals surface area contributed by atoms with Gasteiger partial charge < -0.3 is 19.8 Å². The zero-order valence-electron chi connectivity index (χ0n) is 20.5. The van der Waals surface area contributed by atoms with Crippen LogP contribution in [0.2, 0.25) is 0 Å². The van der Waals surface area contributed by atoms with Gasteiger partial charge in [0, 0.05) is 41.7 Å². The molecule has 0 radical (unpaired) electrons. The van der Waals surface area contributed by atoms with Crippen LogP contribution in [-0.4, -0.2) is 58.6 Å². The van der Waals surface area contributed by atoms with Gasteiger partial charge in [0.25, 0.3) is 0 Å². The minimum absolute atomic E-state index is 0.0388. The molecule has 0 aliphatic carbocycles. The highest BCUT2D eigenvalue weighted by Crippen LogP contribution is 2.35. The molecular formula is C28H33FN2O4S. The minimum Gasteiger partial charge on any atom is -0.497 e. The van der Waals surface area contributed by atoms with Crippen molar-refractivity contribution in [2.75, 3.05) is 32.5 Å². The standard InChI is InChI=1S/C28H33FN2O4S/c1-35-22-6-7-26-25(17-22)24(9-11-30-26)27(32)8-5-19-10-12-31(18-20(19)15-28(33)34)13-14-36-23-4-2-3-21(29)16-23/h2-4,6-7,9,11,16-17,19-20,27,32H,5,8,10,12-15,18H2,1H3,(H,33,34)/t19-,20-,27-/m1/s1. The molecule has 1 saturated heterocycles. The molecule has 3 atom stereocenters. The summed E-state index contributed by atoms with van der Waals surface area (Å²) < 4.78 is 18.8. The average Bonchev–Trinajstić information content (AvgIpc) is 2.87. The monoisotopic (exact) mass is 512 g/mol. The summed E-state index contributed by atoms with van der Waals surface area (Å²) in [5.41, 5.74) is 1.63. The Morgan fingerprint density at radius 3 is 2.89 bits per heavy atom. The van der Waals surface area contributed by atoms with E-state index in [9.17, 15) is 19.4 Å². The molecule has 4 rings (SSSR count). The molecule has 0 bridgehead atoms. The van der Waals surface area contributed by atoms with Crippen molar-refractivity contribution in [3.63, 3.8) is 0 Å². The fourth-order valence-corrected chi connectivity index (χ4v) is 6.09. The third-order valence-corrected chi connectivity index (χ3v) is 8.01. The summed E-state index contributed by atoms with van der Waals surface area (Å²) in [6, 6.07) is 14.1. The van der Waals surface area contributed by atoms with Crippen LogP contribution in [0.3, 0.4) is 0 Å². The third kappa shape index (κ3) is 6.96. The van der Waals surface area contributed by atoms with Crippen molar-refractivity contribution in [1.82, 2.24) is 9.88 Å². The largest absolute Gasteiger partial charge is 0.497 e. The van der Waals surface area contributed by atoms with E-state index in [4.69, 9.17) is 4.74 Å². The smallest absolute Gasteiger partial charge is 0.303 e. The molecule has 1 fully saturated rings. The molecule has 2 N–H and O–H groups in total. The molecular weight excluding hydrogens is 479 g/mol. The molecule has 8 heteroatoms. The Morgan fingerprint density at radius 1 is 1.25 bits per heavy atom. The lowest BCUT2D eigenvalue weighted by Crippen LogP contribution is -2.42. The highest BCUT2D eigenvalue weighted by atomic mass is 32.2. The normalized spacial score (nSPS) is 19.3. The van der Waals surface area contributed by atoms with E-state index in [1.54, 1.807) is 31.1 Å².